The van der Waals surface area contributed by atoms with Crippen molar-refractivity contribution in [1.29, 1.82) is 0 Å². The molecule has 11 heavy (non-hydrogen) atoms. The Bertz CT molecular complexity index is 173. The molecule has 0 aromatic carbocycles. The first-order chi connectivity index (χ1) is 5.31. The Labute approximate surface area is 66.5 Å². The van der Waals surface area contributed by atoms with E-state index in [1.807, 2.05) is 0 Å². The summed E-state index contributed by atoms with van der Waals surface area (Å²) in [5.41, 5.74) is 0.273. The van der Waals surface area contributed by atoms with Gasteiger partial charge < -0.3 is 10.6 Å². The molecule has 1 amide bonds. The van der Waals surface area contributed by atoms with Gasteiger partial charge in [-0.2, -0.15) is 0 Å². The SMILES string of the molecule is O=C1CC2(CCCNC2)CN1. The standard InChI is InChI=1S/C8H14N2O/c11-7-4-8(6-10-7)2-1-3-9-5-8/h9H,1-6H2,(H,10,11). The van der Waals surface area contributed by atoms with E-state index in [4.69, 9.17) is 0 Å². The molecule has 2 fully saturated rings. The second kappa shape index (κ2) is 2.48. The Morgan fingerprint density at radius 3 is 2.82 bits per heavy atom. The van der Waals surface area contributed by atoms with Crippen LogP contribution in [0, 0.1) is 5.41 Å². The van der Waals surface area contributed by atoms with Gasteiger partial charge in [0.2, 0.25) is 5.91 Å². The fraction of sp³-hybridized carbons (Fsp3) is 0.875. The Morgan fingerprint density at radius 2 is 2.27 bits per heavy atom. The Hall–Kier alpha value is -0.570. The lowest BCUT2D eigenvalue weighted by Gasteiger charge is -2.31. The molecule has 3 nitrogen and oxygen atoms in total. The van der Waals surface area contributed by atoms with Gasteiger partial charge in [-0.15, -0.1) is 0 Å². The van der Waals surface area contributed by atoms with E-state index in [0.29, 0.717) is 0 Å². The predicted molar refractivity (Wildman–Crippen MR) is 42.2 cm³/mol. The van der Waals surface area contributed by atoms with E-state index in [-0.39, 0.29) is 11.3 Å². The molecule has 0 radical (unpaired) electrons. The van der Waals surface area contributed by atoms with Crippen LogP contribution in [0.15, 0.2) is 0 Å². The van der Waals surface area contributed by atoms with Crippen LogP contribution in [0.4, 0.5) is 0 Å². The zero-order valence-electron chi connectivity index (χ0n) is 6.65. The van der Waals surface area contributed by atoms with Gasteiger partial charge in [0, 0.05) is 24.9 Å². The van der Waals surface area contributed by atoms with Crippen molar-refractivity contribution in [3.63, 3.8) is 0 Å². The Balaban J connectivity index is 2.03. The first kappa shape index (κ1) is 7.10. The molecule has 1 unspecified atom stereocenters. The monoisotopic (exact) mass is 154 g/mol. The number of carbonyl (C=O) groups excluding carboxylic acids is 1. The molecule has 0 aromatic rings. The molecule has 2 aliphatic heterocycles. The third-order valence-electron chi connectivity index (χ3n) is 2.76. The van der Waals surface area contributed by atoms with E-state index in [2.05, 4.69) is 10.6 Å². The summed E-state index contributed by atoms with van der Waals surface area (Å²) in [7, 11) is 0. The third kappa shape index (κ3) is 1.25. The van der Waals surface area contributed by atoms with Crippen LogP contribution in [0.5, 0.6) is 0 Å². The number of carbonyl (C=O) groups is 1. The van der Waals surface area contributed by atoms with Crippen molar-refractivity contribution in [3.8, 4) is 0 Å². The second-order valence-corrected chi connectivity index (χ2v) is 3.73. The number of rotatable bonds is 0. The number of amides is 1. The zero-order chi connectivity index (χ0) is 7.73. The molecule has 0 saturated carbocycles. The molecule has 0 bridgehead atoms. The van der Waals surface area contributed by atoms with Gasteiger partial charge in [-0.05, 0) is 19.4 Å². The maximum Gasteiger partial charge on any atom is 0.220 e. The van der Waals surface area contributed by atoms with Gasteiger partial charge in [0.1, 0.15) is 0 Å². The average molecular weight is 154 g/mol. The number of piperidine rings is 1. The minimum atomic E-state index is 0.230. The smallest absolute Gasteiger partial charge is 0.220 e. The molecule has 3 heteroatoms. The summed E-state index contributed by atoms with van der Waals surface area (Å²) in [5, 5.41) is 6.25. The van der Waals surface area contributed by atoms with Gasteiger partial charge >= 0.3 is 0 Å². The molecule has 0 aliphatic carbocycles. The lowest BCUT2D eigenvalue weighted by molar-refractivity contribution is -0.119. The third-order valence-corrected chi connectivity index (χ3v) is 2.76. The lowest BCUT2D eigenvalue weighted by Crippen LogP contribution is -2.41. The predicted octanol–water partition coefficient (Wildman–Crippen LogP) is -0.124. The fourth-order valence-corrected chi connectivity index (χ4v) is 2.08. The van der Waals surface area contributed by atoms with Gasteiger partial charge in [0.25, 0.3) is 0 Å². The molecular formula is C8H14N2O. The first-order valence-corrected chi connectivity index (χ1v) is 4.28. The number of hydrogen-bond acceptors (Lipinski definition) is 2. The van der Waals surface area contributed by atoms with Crippen LogP contribution in [0.2, 0.25) is 0 Å². The first-order valence-electron chi connectivity index (χ1n) is 4.28. The lowest BCUT2D eigenvalue weighted by atomic mass is 9.80. The van der Waals surface area contributed by atoms with Crippen molar-refractivity contribution in [2.24, 2.45) is 5.41 Å². The van der Waals surface area contributed by atoms with Crippen molar-refractivity contribution < 1.29 is 4.79 Å². The van der Waals surface area contributed by atoms with Gasteiger partial charge in [-0.1, -0.05) is 0 Å². The summed E-state index contributed by atoms with van der Waals surface area (Å²) in [6, 6.07) is 0. The molecule has 2 heterocycles. The van der Waals surface area contributed by atoms with Crippen molar-refractivity contribution in [1.82, 2.24) is 10.6 Å². The molecule has 1 spiro atoms. The van der Waals surface area contributed by atoms with Crippen LogP contribution >= 0.6 is 0 Å². The summed E-state index contributed by atoms with van der Waals surface area (Å²) in [4.78, 5) is 11.0. The van der Waals surface area contributed by atoms with Crippen LogP contribution < -0.4 is 10.6 Å². The normalized spacial score (nSPS) is 37.6. The second-order valence-electron chi connectivity index (χ2n) is 3.73. The van der Waals surface area contributed by atoms with Crippen LogP contribution in [0.1, 0.15) is 19.3 Å². The minimum Gasteiger partial charge on any atom is -0.355 e. The van der Waals surface area contributed by atoms with E-state index in [9.17, 15) is 4.79 Å². The highest BCUT2D eigenvalue weighted by molar-refractivity contribution is 5.79. The van der Waals surface area contributed by atoms with Crippen molar-refractivity contribution in [2.45, 2.75) is 19.3 Å². The molecule has 2 aliphatic rings. The van der Waals surface area contributed by atoms with Crippen LogP contribution in [0.25, 0.3) is 0 Å². The average Bonchev–Trinajstić information content (AvgIpc) is 2.34. The largest absolute Gasteiger partial charge is 0.355 e. The minimum absolute atomic E-state index is 0.230. The Morgan fingerprint density at radius 1 is 1.36 bits per heavy atom. The van der Waals surface area contributed by atoms with E-state index in [1.165, 1.54) is 12.8 Å². The van der Waals surface area contributed by atoms with Gasteiger partial charge in [-0.3, -0.25) is 4.79 Å². The van der Waals surface area contributed by atoms with E-state index in [1.54, 1.807) is 0 Å². The van der Waals surface area contributed by atoms with Crippen LogP contribution in [0.3, 0.4) is 0 Å². The van der Waals surface area contributed by atoms with Crippen LogP contribution in [-0.4, -0.2) is 25.5 Å². The highest BCUT2D eigenvalue weighted by atomic mass is 16.1. The fourth-order valence-electron chi connectivity index (χ4n) is 2.08. The van der Waals surface area contributed by atoms with Crippen molar-refractivity contribution >= 4 is 5.91 Å². The van der Waals surface area contributed by atoms with E-state index < -0.39 is 0 Å². The maximum absolute atomic E-state index is 11.0. The highest BCUT2D eigenvalue weighted by Gasteiger charge is 2.38. The molecule has 1 atom stereocenters. The number of nitrogens with one attached hydrogen (secondary N) is 2. The molecule has 2 saturated heterocycles. The summed E-state index contributed by atoms with van der Waals surface area (Å²) >= 11 is 0. The summed E-state index contributed by atoms with van der Waals surface area (Å²) in [5.74, 6) is 0.230. The highest BCUT2D eigenvalue weighted by Crippen LogP contribution is 2.32. The van der Waals surface area contributed by atoms with E-state index >= 15 is 0 Å². The summed E-state index contributed by atoms with van der Waals surface area (Å²) in [6.45, 7) is 3.03. The molecular weight excluding hydrogens is 140 g/mol. The summed E-state index contributed by atoms with van der Waals surface area (Å²) < 4.78 is 0. The van der Waals surface area contributed by atoms with Crippen molar-refractivity contribution in [2.75, 3.05) is 19.6 Å². The molecule has 0 aromatic heterocycles. The van der Waals surface area contributed by atoms with Crippen molar-refractivity contribution in [3.05, 3.63) is 0 Å². The van der Waals surface area contributed by atoms with E-state index in [0.717, 1.165) is 26.1 Å². The topological polar surface area (TPSA) is 41.1 Å². The molecule has 2 rings (SSSR count). The van der Waals surface area contributed by atoms with Crippen LogP contribution in [-0.2, 0) is 4.79 Å². The van der Waals surface area contributed by atoms with Gasteiger partial charge in [0.15, 0.2) is 0 Å². The maximum atomic E-state index is 11.0. The quantitative estimate of drug-likeness (QED) is 0.510. The zero-order valence-corrected chi connectivity index (χ0v) is 6.65. The summed E-state index contributed by atoms with van der Waals surface area (Å²) in [6.07, 6.45) is 3.16. The van der Waals surface area contributed by atoms with Gasteiger partial charge in [-0.25, -0.2) is 0 Å². The molecule has 62 valence electrons. The Kier molecular flexibility index (Phi) is 1.60. The molecule has 2 N–H and O–H groups in total. The number of hydrogen-bond donors (Lipinski definition) is 2. The van der Waals surface area contributed by atoms with Gasteiger partial charge in [0.05, 0.1) is 0 Å².